The van der Waals surface area contributed by atoms with Crippen LogP contribution in [0.4, 0.5) is 0 Å². The highest BCUT2D eigenvalue weighted by Gasteiger charge is 2.59. The van der Waals surface area contributed by atoms with Crippen LogP contribution in [0.25, 0.3) is 0 Å². The van der Waals surface area contributed by atoms with E-state index in [1.807, 2.05) is 13.8 Å². The topological polar surface area (TPSA) is 133 Å². The summed E-state index contributed by atoms with van der Waals surface area (Å²) in [6, 6.07) is 0. The summed E-state index contributed by atoms with van der Waals surface area (Å²) in [6.45, 7) is 10.6. The summed E-state index contributed by atoms with van der Waals surface area (Å²) in [5.41, 5.74) is -1.94. The highest BCUT2D eigenvalue weighted by atomic mass is 16.4. The Labute approximate surface area is 153 Å². The van der Waals surface area contributed by atoms with E-state index < -0.39 is 23.0 Å². The highest BCUT2D eigenvalue weighted by molar-refractivity contribution is 5.91. The first-order valence-corrected chi connectivity index (χ1v) is 8.91. The fourth-order valence-corrected chi connectivity index (χ4v) is 2.63. The molecule has 2 aliphatic carbocycles. The van der Waals surface area contributed by atoms with Crippen LogP contribution in [0.5, 0.6) is 0 Å². The Kier molecular flexibility index (Phi) is 6.44. The molecule has 2 fully saturated rings. The van der Waals surface area contributed by atoms with E-state index in [1.54, 1.807) is 27.7 Å². The van der Waals surface area contributed by atoms with Crippen LogP contribution >= 0.6 is 0 Å². The number of carbonyl (C=O) groups excluding carboxylic acids is 2. The van der Waals surface area contributed by atoms with Crippen molar-refractivity contribution in [1.82, 2.24) is 10.6 Å². The third kappa shape index (κ3) is 4.53. The van der Waals surface area contributed by atoms with Gasteiger partial charge >= 0.3 is 11.9 Å². The molecule has 0 aromatic rings. The molecule has 0 heterocycles. The van der Waals surface area contributed by atoms with Crippen molar-refractivity contribution in [3.05, 3.63) is 0 Å². The van der Waals surface area contributed by atoms with Gasteiger partial charge in [0, 0.05) is 11.8 Å². The average molecular weight is 370 g/mol. The third-order valence-electron chi connectivity index (χ3n) is 5.12. The van der Waals surface area contributed by atoms with Crippen LogP contribution in [0.15, 0.2) is 0 Å². The fraction of sp³-hybridized carbons (Fsp3) is 0.778. The average Bonchev–Trinajstić information content (AvgIpc) is 3.36. The van der Waals surface area contributed by atoms with E-state index in [4.69, 9.17) is 10.2 Å². The van der Waals surface area contributed by atoms with Crippen LogP contribution in [0.3, 0.4) is 0 Å². The van der Waals surface area contributed by atoms with Crippen molar-refractivity contribution in [2.45, 2.75) is 65.5 Å². The van der Waals surface area contributed by atoms with E-state index in [0.717, 1.165) is 0 Å². The lowest BCUT2D eigenvalue weighted by Crippen LogP contribution is -2.46. The lowest BCUT2D eigenvalue weighted by atomic mass is 10.1. The number of carboxylic acids is 2. The molecule has 0 radical (unpaired) electrons. The molecule has 148 valence electrons. The second-order valence-corrected chi connectivity index (χ2v) is 8.05. The van der Waals surface area contributed by atoms with Gasteiger partial charge in [0.15, 0.2) is 0 Å². The first-order valence-electron chi connectivity index (χ1n) is 8.91. The first kappa shape index (κ1) is 21.9. The van der Waals surface area contributed by atoms with Gasteiger partial charge in [-0.05, 0) is 24.7 Å². The van der Waals surface area contributed by atoms with Gasteiger partial charge in [-0.3, -0.25) is 9.59 Å². The smallest absolute Gasteiger partial charge is 0.329 e. The van der Waals surface area contributed by atoms with Gasteiger partial charge in [0.05, 0.1) is 0 Å². The van der Waals surface area contributed by atoms with Crippen molar-refractivity contribution >= 4 is 23.8 Å². The van der Waals surface area contributed by atoms with E-state index >= 15 is 0 Å². The number of carbonyl (C=O) groups is 4. The minimum atomic E-state index is -0.971. The third-order valence-corrected chi connectivity index (χ3v) is 5.12. The summed E-state index contributed by atoms with van der Waals surface area (Å²) in [4.78, 5) is 44.2. The van der Waals surface area contributed by atoms with Gasteiger partial charge in [0.2, 0.25) is 11.8 Å². The predicted octanol–water partition coefficient (Wildman–Crippen LogP) is 1.24. The Morgan fingerprint density at radius 3 is 1.12 bits per heavy atom. The Morgan fingerprint density at radius 2 is 1.00 bits per heavy atom. The van der Waals surface area contributed by atoms with Gasteiger partial charge in [-0.15, -0.1) is 0 Å². The number of hydrogen-bond acceptors (Lipinski definition) is 4. The summed E-state index contributed by atoms with van der Waals surface area (Å²) < 4.78 is 0. The summed E-state index contributed by atoms with van der Waals surface area (Å²) in [5, 5.41) is 22.9. The van der Waals surface area contributed by atoms with Crippen LogP contribution in [0.2, 0.25) is 0 Å². The molecule has 0 spiro atoms. The maximum atomic E-state index is 11.3. The number of carboxylic acid groups (broad SMARTS) is 2. The monoisotopic (exact) mass is 370 g/mol. The zero-order valence-corrected chi connectivity index (χ0v) is 16.3. The number of hydrogen-bond donors (Lipinski definition) is 4. The zero-order valence-electron chi connectivity index (χ0n) is 16.3. The molecule has 2 unspecified atom stereocenters. The Hall–Kier alpha value is -2.12. The minimum absolute atomic E-state index is 0.0488. The molecule has 0 aromatic heterocycles. The van der Waals surface area contributed by atoms with Gasteiger partial charge < -0.3 is 20.8 Å². The molecular weight excluding hydrogens is 340 g/mol. The normalized spacial score (nSPS) is 31.5. The van der Waals surface area contributed by atoms with E-state index in [2.05, 4.69) is 10.6 Å². The molecule has 8 nitrogen and oxygen atoms in total. The molecular formula is C18H30N2O6. The lowest BCUT2D eigenvalue weighted by molar-refractivity contribution is -0.144. The summed E-state index contributed by atoms with van der Waals surface area (Å²) in [5.74, 6) is -2.45. The standard InChI is InChI=1S/2C9H15NO3/c2*1-5(2)7(11)10-9(8(12)13)4-6(9)3/h2*5-6H,4H2,1-3H3,(H,10,11)(H,12,13)/t2*6?,9-/m11/s1. The Balaban J connectivity index is 0.000000260. The molecule has 0 aliphatic heterocycles. The molecule has 0 saturated heterocycles. The van der Waals surface area contributed by atoms with E-state index in [-0.39, 0.29) is 35.5 Å². The van der Waals surface area contributed by atoms with E-state index in [1.165, 1.54) is 0 Å². The van der Waals surface area contributed by atoms with Crippen LogP contribution < -0.4 is 10.6 Å². The Bertz CT molecular complexity index is 550. The quantitative estimate of drug-likeness (QED) is 0.556. The van der Waals surface area contributed by atoms with Crippen LogP contribution in [0, 0.1) is 23.7 Å². The van der Waals surface area contributed by atoms with Gasteiger partial charge in [-0.1, -0.05) is 41.5 Å². The van der Waals surface area contributed by atoms with Crippen molar-refractivity contribution < 1.29 is 29.4 Å². The number of amides is 2. The number of nitrogens with one attached hydrogen (secondary N) is 2. The van der Waals surface area contributed by atoms with Crippen molar-refractivity contribution in [2.75, 3.05) is 0 Å². The zero-order chi connectivity index (χ0) is 20.4. The molecule has 2 rings (SSSR count). The van der Waals surface area contributed by atoms with Crippen LogP contribution in [0.1, 0.15) is 54.4 Å². The minimum Gasteiger partial charge on any atom is -0.479 e. The maximum Gasteiger partial charge on any atom is 0.329 e. The van der Waals surface area contributed by atoms with Crippen molar-refractivity contribution in [3.8, 4) is 0 Å². The molecule has 4 atom stereocenters. The second-order valence-electron chi connectivity index (χ2n) is 8.05. The predicted molar refractivity (Wildman–Crippen MR) is 94.3 cm³/mol. The Morgan fingerprint density at radius 1 is 0.769 bits per heavy atom. The highest BCUT2D eigenvalue weighted by Crippen LogP contribution is 2.44. The lowest BCUT2D eigenvalue weighted by Gasteiger charge is -2.15. The summed E-state index contributed by atoms with van der Waals surface area (Å²) in [6.07, 6.45) is 1.08. The van der Waals surface area contributed by atoms with Gasteiger partial charge in [-0.2, -0.15) is 0 Å². The van der Waals surface area contributed by atoms with Crippen molar-refractivity contribution in [2.24, 2.45) is 23.7 Å². The molecule has 4 N–H and O–H groups in total. The molecule has 0 bridgehead atoms. The molecule has 26 heavy (non-hydrogen) atoms. The summed E-state index contributed by atoms with van der Waals surface area (Å²) in [7, 11) is 0. The van der Waals surface area contributed by atoms with E-state index in [0.29, 0.717) is 12.8 Å². The first-order chi connectivity index (χ1) is 11.8. The SMILES string of the molecule is CC(C)C(=O)N[C@]1(C(=O)O)CC1C.CC(C)C(=O)N[C@]1(C(=O)O)CC1C. The maximum absolute atomic E-state index is 11.3. The summed E-state index contributed by atoms with van der Waals surface area (Å²) >= 11 is 0. The van der Waals surface area contributed by atoms with Crippen LogP contribution in [-0.2, 0) is 19.2 Å². The largest absolute Gasteiger partial charge is 0.479 e. The fourth-order valence-electron chi connectivity index (χ4n) is 2.63. The van der Waals surface area contributed by atoms with Crippen molar-refractivity contribution in [3.63, 3.8) is 0 Å². The molecule has 8 heteroatoms. The molecule has 2 amide bonds. The van der Waals surface area contributed by atoms with E-state index in [9.17, 15) is 19.2 Å². The second kappa shape index (κ2) is 7.63. The molecule has 2 saturated carbocycles. The molecule has 0 aromatic carbocycles. The van der Waals surface area contributed by atoms with Crippen LogP contribution in [-0.4, -0.2) is 45.0 Å². The van der Waals surface area contributed by atoms with Crippen molar-refractivity contribution in [1.29, 1.82) is 0 Å². The van der Waals surface area contributed by atoms with Gasteiger partial charge in [-0.25, -0.2) is 9.59 Å². The van der Waals surface area contributed by atoms with Gasteiger partial charge in [0.25, 0.3) is 0 Å². The van der Waals surface area contributed by atoms with Gasteiger partial charge in [0.1, 0.15) is 11.1 Å². The number of aliphatic carboxylic acids is 2. The molecule has 2 aliphatic rings. The number of rotatable bonds is 6.